The van der Waals surface area contributed by atoms with Crippen molar-refractivity contribution in [1.82, 2.24) is 5.16 Å². The van der Waals surface area contributed by atoms with Gasteiger partial charge in [-0.3, -0.25) is 9.59 Å². The van der Waals surface area contributed by atoms with Crippen LogP contribution >= 0.6 is 11.8 Å². The zero-order chi connectivity index (χ0) is 20.2. The number of aromatic nitrogens is 1. The molecule has 4 rings (SSSR count). The van der Waals surface area contributed by atoms with E-state index < -0.39 is 0 Å². The maximum atomic E-state index is 12.9. The highest BCUT2D eigenvalue weighted by Crippen LogP contribution is 2.31. The Morgan fingerprint density at radius 2 is 1.83 bits per heavy atom. The molecule has 0 saturated heterocycles. The van der Waals surface area contributed by atoms with Crippen molar-refractivity contribution in [3.8, 4) is 0 Å². The number of amides is 2. The first-order chi connectivity index (χ1) is 14.1. The molecule has 6 nitrogen and oxygen atoms in total. The fraction of sp³-hybridized carbons (Fsp3) is 0.227. The van der Waals surface area contributed by atoms with Gasteiger partial charge in [-0.2, -0.15) is 0 Å². The molecule has 0 aliphatic heterocycles. The number of carbonyl (C=O) groups is 2. The molecule has 0 atom stereocenters. The number of thioether (sulfide) groups is 1. The predicted molar refractivity (Wildman–Crippen MR) is 113 cm³/mol. The summed E-state index contributed by atoms with van der Waals surface area (Å²) in [6.07, 6.45) is 1.90. The molecule has 1 aliphatic carbocycles. The fourth-order valence-corrected chi connectivity index (χ4v) is 3.80. The maximum Gasteiger partial charge on any atom is 0.256 e. The Kier molecular flexibility index (Phi) is 5.67. The molecule has 0 spiro atoms. The molecule has 0 unspecified atom stereocenters. The number of anilines is 2. The molecule has 1 heterocycles. The van der Waals surface area contributed by atoms with Crippen LogP contribution in [-0.2, 0) is 10.5 Å². The monoisotopic (exact) mass is 407 g/mol. The first-order valence-electron chi connectivity index (χ1n) is 9.45. The Bertz CT molecular complexity index is 1040. The zero-order valence-corrected chi connectivity index (χ0v) is 16.8. The van der Waals surface area contributed by atoms with Crippen LogP contribution in [0.4, 0.5) is 11.4 Å². The molecule has 29 heavy (non-hydrogen) atoms. The number of aryl methyl sites for hydroxylation is 1. The molecule has 3 aromatic rings. The summed E-state index contributed by atoms with van der Waals surface area (Å²) in [6.45, 7) is 1.88. The average molecular weight is 407 g/mol. The highest BCUT2D eigenvalue weighted by atomic mass is 32.2. The number of carbonyl (C=O) groups excluding carboxylic acids is 2. The van der Waals surface area contributed by atoms with Crippen molar-refractivity contribution in [3.63, 3.8) is 0 Å². The number of benzene rings is 2. The van der Waals surface area contributed by atoms with E-state index in [0.717, 1.165) is 29.2 Å². The SMILES string of the molecule is Cc1cc(CSc2ccccc2C(=O)Nc2cccc(NC(=O)C3CC3)c2)on1. The van der Waals surface area contributed by atoms with E-state index in [4.69, 9.17) is 4.52 Å². The molecule has 0 bridgehead atoms. The van der Waals surface area contributed by atoms with Gasteiger partial charge >= 0.3 is 0 Å². The lowest BCUT2D eigenvalue weighted by molar-refractivity contribution is -0.117. The first kappa shape index (κ1) is 19.3. The van der Waals surface area contributed by atoms with Crippen LogP contribution < -0.4 is 10.6 Å². The minimum Gasteiger partial charge on any atom is -0.360 e. The van der Waals surface area contributed by atoms with Gasteiger partial charge in [-0.15, -0.1) is 11.8 Å². The standard InChI is InChI=1S/C22H21N3O3S/c1-14-11-18(28-25-14)13-29-20-8-3-2-7-19(20)22(27)24-17-6-4-5-16(12-17)23-21(26)15-9-10-15/h2-8,11-12,15H,9-10,13H2,1H3,(H,23,26)(H,24,27). The molecule has 148 valence electrons. The summed E-state index contributed by atoms with van der Waals surface area (Å²) in [5, 5.41) is 9.71. The second-order valence-electron chi connectivity index (χ2n) is 7.02. The van der Waals surface area contributed by atoms with Gasteiger partial charge in [0.05, 0.1) is 17.0 Å². The maximum absolute atomic E-state index is 12.9. The van der Waals surface area contributed by atoms with E-state index in [-0.39, 0.29) is 17.7 Å². The highest BCUT2D eigenvalue weighted by Gasteiger charge is 2.29. The number of rotatable bonds is 7. The third-order valence-electron chi connectivity index (χ3n) is 4.51. The van der Waals surface area contributed by atoms with E-state index in [1.807, 2.05) is 43.3 Å². The van der Waals surface area contributed by atoms with Gasteiger partial charge in [0, 0.05) is 28.3 Å². The number of nitrogens with zero attached hydrogens (tertiary/aromatic N) is 1. The fourth-order valence-electron chi connectivity index (χ4n) is 2.88. The molecule has 1 aromatic heterocycles. The largest absolute Gasteiger partial charge is 0.360 e. The van der Waals surface area contributed by atoms with Crippen LogP contribution in [0.1, 0.15) is 34.7 Å². The summed E-state index contributed by atoms with van der Waals surface area (Å²) in [6, 6.07) is 16.5. The quantitative estimate of drug-likeness (QED) is 0.546. The Morgan fingerprint density at radius 1 is 1.07 bits per heavy atom. The number of hydrogen-bond donors (Lipinski definition) is 2. The Balaban J connectivity index is 1.43. The minimum absolute atomic E-state index is 0.0397. The summed E-state index contributed by atoms with van der Waals surface area (Å²) in [4.78, 5) is 25.7. The lowest BCUT2D eigenvalue weighted by Crippen LogP contribution is -2.15. The van der Waals surface area contributed by atoms with Gasteiger partial charge in [0.1, 0.15) is 5.76 Å². The third-order valence-corrected chi connectivity index (χ3v) is 5.61. The molecular weight excluding hydrogens is 386 g/mol. The van der Waals surface area contributed by atoms with Crippen LogP contribution in [-0.4, -0.2) is 17.0 Å². The van der Waals surface area contributed by atoms with Gasteiger partial charge < -0.3 is 15.2 Å². The van der Waals surface area contributed by atoms with E-state index in [1.165, 1.54) is 11.8 Å². The van der Waals surface area contributed by atoms with Gasteiger partial charge in [0.15, 0.2) is 0 Å². The van der Waals surface area contributed by atoms with Gasteiger partial charge in [-0.1, -0.05) is 23.4 Å². The van der Waals surface area contributed by atoms with Crippen molar-refractivity contribution in [3.05, 3.63) is 71.6 Å². The minimum atomic E-state index is -0.201. The van der Waals surface area contributed by atoms with E-state index in [0.29, 0.717) is 22.7 Å². The number of hydrogen-bond acceptors (Lipinski definition) is 5. The van der Waals surface area contributed by atoms with E-state index in [1.54, 1.807) is 18.2 Å². The molecule has 7 heteroatoms. The molecule has 2 N–H and O–H groups in total. The second-order valence-corrected chi connectivity index (χ2v) is 8.04. The van der Waals surface area contributed by atoms with Crippen LogP contribution in [0.3, 0.4) is 0 Å². The zero-order valence-electron chi connectivity index (χ0n) is 16.0. The molecule has 1 aliphatic rings. The smallest absolute Gasteiger partial charge is 0.256 e. The average Bonchev–Trinajstić information content (AvgIpc) is 3.49. The summed E-state index contributed by atoms with van der Waals surface area (Å²) < 4.78 is 5.24. The lowest BCUT2D eigenvalue weighted by Gasteiger charge is -2.11. The van der Waals surface area contributed by atoms with Gasteiger partial charge in [-0.25, -0.2) is 0 Å². The van der Waals surface area contributed by atoms with Crippen molar-refractivity contribution < 1.29 is 14.1 Å². The van der Waals surface area contributed by atoms with Gasteiger partial charge in [0.2, 0.25) is 5.91 Å². The van der Waals surface area contributed by atoms with E-state index in [2.05, 4.69) is 15.8 Å². The van der Waals surface area contributed by atoms with Crippen LogP contribution in [0.2, 0.25) is 0 Å². The van der Waals surface area contributed by atoms with Crippen molar-refractivity contribution in [2.75, 3.05) is 10.6 Å². The summed E-state index contributed by atoms with van der Waals surface area (Å²) in [5.74, 6) is 1.32. The second kappa shape index (κ2) is 8.53. The predicted octanol–water partition coefficient (Wildman–Crippen LogP) is 4.88. The van der Waals surface area contributed by atoms with Crippen LogP contribution in [0.5, 0.6) is 0 Å². The van der Waals surface area contributed by atoms with Gasteiger partial charge in [0.25, 0.3) is 5.91 Å². The normalized spacial score (nSPS) is 13.1. The van der Waals surface area contributed by atoms with Crippen LogP contribution in [0.15, 0.2) is 64.0 Å². The van der Waals surface area contributed by atoms with Crippen LogP contribution in [0.25, 0.3) is 0 Å². The first-order valence-corrected chi connectivity index (χ1v) is 10.4. The van der Waals surface area contributed by atoms with Crippen molar-refractivity contribution in [2.24, 2.45) is 5.92 Å². The van der Waals surface area contributed by atoms with Crippen LogP contribution in [0, 0.1) is 12.8 Å². The summed E-state index contributed by atoms with van der Waals surface area (Å²) in [5.41, 5.74) is 2.73. The van der Waals surface area contributed by atoms with Crippen molar-refractivity contribution in [2.45, 2.75) is 30.4 Å². The molecule has 0 radical (unpaired) electrons. The van der Waals surface area contributed by atoms with Crippen molar-refractivity contribution in [1.29, 1.82) is 0 Å². The molecule has 2 aromatic carbocycles. The summed E-state index contributed by atoms with van der Waals surface area (Å²) >= 11 is 1.52. The summed E-state index contributed by atoms with van der Waals surface area (Å²) in [7, 11) is 0. The number of nitrogens with one attached hydrogen (secondary N) is 2. The Labute approximate surface area is 173 Å². The third kappa shape index (κ3) is 5.06. The Morgan fingerprint density at radius 3 is 2.55 bits per heavy atom. The molecule has 2 amide bonds. The molecule has 1 saturated carbocycles. The molecule has 1 fully saturated rings. The lowest BCUT2D eigenvalue weighted by atomic mass is 10.2. The highest BCUT2D eigenvalue weighted by molar-refractivity contribution is 7.98. The Hall–Kier alpha value is -3.06. The van der Waals surface area contributed by atoms with Gasteiger partial charge in [-0.05, 0) is 50.1 Å². The van der Waals surface area contributed by atoms with Crippen molar-refractivity contribution >= 4 is 35.0 Å². The van der Waals surface area contributed by atoms with E-state index >= 15 is 0 Å². The van der Waals surface area contributed by atoms with E-state index in [9.17, 15) is 9.59 Å². The molecular formula is C22H21N3O3S. The topological polar surface area (TPSA) is 84.2 Å².